The van der Waals surface area contributed by atoms with E-state index in [1.165, 1.54) is 5.56 Å². The zero-order chi connectivity index (χ0) is 37.9. The zero-order valence-electron chi connectivity index (χ0n) is 33.5. The number of hydrazine groups is 1. The Hall–Kier alpha value is -3.58. The van der Waals surface area contributed by atoms with Crippen molar-refractivity contribution < 1.29 is 18.9 Å². The third-order valence-corrected chi connectivity index (χ3v) is 11.7. The molecule has 288 valence electrons. The number of ether oxygens (including phenoxy) is 4. The van der Waals surface area contributed by atoms with Crippen LogP contribution < -0.4 is 25.2 Å². The van der Waals surface area contributed by atoms with Crippen LogP contribution in [0.5, 0.6) is 11.5 Å². The average Bonchev–Trinajstić information content (AvgIpc) is 3.42. The first-order valence-electron chi connectivity index (χ1n) is 19.6. The van der Waals surface area contributed by atoms with Gasteiger partial charge in [-0.15, -0.1) is 0 Å². The molecule has 2 N–H and O–H groups in total. The monoisotopic (exact) mass is 728 g/mol. The lowest BCUT2D eigenvalue weighted by Gasteiger charge is -2.47. The number of likely N-dealkylation sites (tertiary alicyclic amines) is 1. The van der Waals surface area contributed by atoms with Crippen LogP contribution in [0.1, 0.15) is 123 Å². The van der Waals surface area contributed by atoms with Crippen LogP contribution in [0, 0.1) is 5.92 Å². The molecular formula is C41H60N8O4. The molecule has 0 spiro atoms. The van der Waals surface area contributed by atoms with Gasteiger partial charge in [-0.25, -0.2) is 25.8 Å². The molecule has 0 saturated carbocycles. The van der Waals surface area contributed by atoms with Crippen LogP contribution in [0.15, 0.2) is 30.6 Å². The van der Waals surface area contributed by atoms with Crippen LogP contribution in [0.25, 0.3) is 0 Å². The van der Waals surface area contributed by atoms with Gasteiger partial charge in [-0.1, -0.05) is 0 Å². The number of aromatic nitrogens is 4. The van der Waals surface area contributed by atoms with Gasteiger partial charge < -0.3 is 23.8 Å². The lowest BCUT2D eigenvalue weighted by molar-refractivity contribution is -0.106. The Morgan fingerprint density at radius 1 is 0.755 bits per heavy atom. The quantitative estimate of drug-likeness (QED) is 0.177. The molecule has 2 fully saturated rings. The van der Waals surface area contributed by atoms with Gasteiger partial charge in [0.15, 0.2) is 0 Å². The standard InChI is InChI=1S/C41H60N8O4/c1-11-50-29-19-26(20-30(22-29)51-12-2)25-47-16-13-27(14-17-47)33-21-28(49(42)37-44-24-32-35(46-37)41(9,10)53-39(32,5)6)15-18-48(33)36-43-23-31-34(45-36)40(7,8)52-38(31,3)4/h19-20,22-24,27-28,33H,11-18,21,25,42H2,1-10H3. The molecule has 0 amide bonds. The molecule has 4 aliphatic rings. The minimum Gasteiger partial charge on any atom is -0.494 e. The van der Waals surface area contributed by atoms with Crippen LogP contribution in [0.4, 0.5) is 11.9 Å². The van der Waals surface area contributed by atoms with E-state index in [-0.39, 0.29) is 12.1 Å². The topological polar surface area (TPSA) is 124 Å². The van der Waals surface area contributed by atoms with E-state index in [1.54, 1.807) is 0 Å². The second kappa shape index (κ2) is 13.9. The highest BCUT2D eigenvalue weighted by Crippen LogP contribution is 2.47. The maximum absolute atomic E-state index is 6.98. The molecule has 7 rings (SSSR count). The number of nitrogens with zero attached hydrogens (tertiary/aromatic N) is 7. The molecule has 4 aliphatic heterocycles. The summed E-state index contributed by atoms with van der Waals surface area (Å²) in [5.74, 6) is 10.5. The molecule has 53 heavy (non-hydrogen) atoms. The number of benzene rings is 1. The van der Waals surface area contributed by atoms with Gasteiger partial charge >= 0.3 is 0 Å². The summed E-state index contributed by atoms with van der Waals surface area (Å²) in [7, 11) is 0. The molecule has 2 atom stereocenters. The molecule has 2 saturated heterocycles. The Morgan fingerprint density at radius 2 is 1.32 bits per heavy atom. The van der Waals surface area contributed by atoms with Gasteiger partial charge in [-0.2, -0.15) is 0 Å². The second-order valence-electron chi connectivity index (χ2n) is 17.2. The molecule has 0 aliphatic carbocycles. The number of rotatable bonds is 10. The fourth-order valence-corrected chi connectivity index (χ4v) is 9.35. The Kier molecular flexibility index (Phi) is 9.91. The summed E-state index contributed by atoms with van der Waals surface area (Å²) in [6, 6.07) is 6.52. The van der Waals surface area contributed by atoms with Gasteiger partial charge in [0.2, 0.25) is 11.9 Å². The Morgan fingerprint density at radius 3 is 1.91 bits per heavy atom. The van der Waals surface area contributed by atoms with Gasteiger partial charge in [0.05, 0.1) is 41.8 Å². The lowest BCUT2D eigenvalue weighted by atomic mass is 9.82. The van der Waals surface area contributed by atoms with Crippen molar-refractivity contribution in [3.63, 3.8) is 0 Å². The first-order valence-corrected chi connectivity index (χ1v) is 19.6. The Balaban J connectivity index is 1.13. The van der Waals surface area contributed by atoms with E-state index in [0.29, 0.717) is 25.1 Å². The number of piperidine rings is 2. The number of fused-ring (bicyclic) bond motifs is 2. The normalized spacial score (nSPS) is 24.5. The summed E-state index contributed by atoms with van der Waals surface area (Å²) in [5, 5.41) is 1.81. The van der Waals surface area contributed by atoms with Crippen molar-refractivity contribution in [2.45, 2.75) is 136 Å². The van der Waals surface area contributed by atoms with E-state index in [2.05, 4.69) is 77.3 Å². The summed E-state index contributed by atoms with van der Waals surface area (Å²) in [6.07, 6.45) is 7.70. The third kappa shape index (κ3) is 7.32. The molecule has 0 bridgehead atoms. The van der Waals surface area contributed by atoms with Gasteiger partial charge in [0, 0.05) is 48.7 Å². The van der Waals surface area contributed by atoms with Crippen LogP contribution in [-0.4, -0.2) is 69.8 Å². The zero-order valence-corrected chi connectivity index (χ0v) is 33.5. The SMILES string of the molecule is CCOc1cc(CN2CCC(C3CC(N(N)c4ncc5c(n4)C(C)(C)OC5(C)C)CCN3c3ncc4c(n3)C(C)(C)OC4(C)C)CC2)cc(OCC)c1. The minimum atomic E-state index is -0.525. The van der Waals surface area contributed by atoms with Crippen molar-refractivity contribution in [2.75, 3.05) is 42.8 Å². The van der Waals surface area contributed by atoms with Crippen LogP contribution >= 0.6 is 0 Å². The summed E-state index contributed by atoms with van der Waals surface area (Å²) in [6.45, 7) is 25.6. The second-order valence-corrected chi connectivity index (χ2v) is 17.2. The number of nitrogens with two attached hydrogens (primary N) is 1. The van der Waals surface area contributed by atoms with E-state index in [9.17, 15) is 0 Å². The maximum atomic E-state index is 6.98. The molecule has 6 heterocycles. The Labute approximate surface area is 315 Å². The minimum absolute atomic E-state index is 0.0530. The van der Waals surface area contributed by atoms with Crippen LogP contribution in [0.2, 0.25) is 0 Å². The molecule has 3 aromatic rings. The highest BCUT2D eigenvalue weighted by molar-refractivity contribution is 5.44. The molecule has 12 nitrogen and oxygen atoms in total. The maximum Gasteiger partial charge on any atom is 0.240 e. The van der Waals surface area contributed by atoms with Gasteiger partial charge in [-0.05, 0) is 132 Å². The number of anilines is 2. The van der Waals surface area contributed by atoms with E-state index in [4.69, 9.17) is 44.7 Å². The molecule has 12 heteroatoms. The molecule has 2 unspecified atom stereocenters. The average molecular weight is 729 g/mol. The summed E-state index contributed by atoms with van der Waals surface area (Å²) < 4.78 is 24.6. The first-order chi connectivity index (χ1) is 25.0. The fraction of sp³-hybridized carbons (Fsp3) is 0.659. The summed E-state index contributed by atoms with van der Waals surface area (Å²) in [4.78, 5) is 25.1. The van der Waals surface area contributed by atoms with E-state index in [1.807, 2.05) is 37.3 Å². The third-order valence-electron chi connectivity index (χ3n) is 11.7. The van der Waals surface area contributed by atoms with Crippen molar-refractivity contribution >= 4 is 11.9 Å². The summed E-state index contributed by atoms with van der Waals surface area (Å²) in [5.41, 5.74) is 3.25. The van der Waals surface area contributed by atoms with E-state index < -0.39 is 22.4 Å². The van der Waals surface area contributed by atoms with Crippen molar-refractivity contribution in [3.05, 3.63) is 58.7 Å². The molecule has 1 aromatic carbocycles. The molecular weight excluding hydrogens is 669 g/mol. The van der Waals surface area contributed by atoms with Crippen molar-refractivity contribution in [2.24, 2.45) is 11.8 Å². The summed E-state index contributed by atoms with van der Waals surface area (Å²) >= 11 is 0. The molecule has 2 aromatic heterocycles. The van der Waals surface area contributed by atoms with Crippen LogP contribution in [-0.2, 0) is 38.4 Å². The van der Waals surface area contributed by atoms with E-state index in [0.717, 1.165) is 91.8 Å². The smallest absolute Gasteiger partial charge is 0.240 e. The van der Waals surface area contributed by atoms with Gasteiger partial charge in [0.25, 0.3) is 0 Å². The van der Waals surface area contributed by atoms with Crippen molar-refractivity contribution in [1.29, 1.82) is 0 Å². The number of hydrogen-bond acceptors (Lipinski definition) is 12. The Bertz CT molecular complexity index is 1780. The van der Waals surface area contributed by atoms with Crippen molar-refractivity contribution in [1.82, 2.24) is 24.8 Å². The predicted octanol–water partition coefficient (Wildman–Crippen LogP) is 6.69. The first kappa shape index (κ1) is 37.7. The predicted molar refractivity (Wildman–Crippen MR) is 206 cm³/mol. The van der Waals surface area contributed by atoms with Gasteiger partial charge in [-0.3, -0.25) is 9.91 Å². The molecule has 0 radical (unpaired) electrons. The highest BCUT2D eigenvalue weighted by atomic mass is 16.5. The lowest BCUT2D eigenvalue weighted by Crippen LogP contribution is -2.56. The van der Waals surface area contributed by atoms with E-state index >= 15 is 0 Å². The number of hydrogen-bond donors (Lipinski definition) is 1. The van der Waals surface area contributed by atoms with Crippen molar-refractivity contribution in [3.8, 4) is 11.5 Å². The van der Waals surface area contributed by atoms with Gasteiger partial charge in [0.1, 0.15) is 22.7 Å². The highest BCUT2D eigenvalue weighted by Gasteiger charge is 2.47. The largest absolute Gasteiger partial charge is 0.494 e. The van der Waals surface area contributed by atoms with Crippen LogP contribution in [0.3, 0.4) is 0 Å². The fourth-order valence-electron chi connectivity index (χ4n) is 9.35.